The van der Waals surface area contributed by atoms with E-state index in [-0.39, 0.29) is 6.10 Å². The Morgan fingerprint density at radius 2 is 2.00 bits per heavy atom. The van der Waals surface area contributed by atoms with Gasteiger partial charge in [-0.3, -0.25) is 0 Å². The minimum Gasteiger partial charge on any atom is -0.337 e. The van der Waals surface area contributed by atoms with Gasteiger partial charge in [0.05, 0.1) is 6.10 Å². The molecule has 1 unspecified atom stereocenters. The summed E-state index contributed by atoms with van der Waals surface area (Å²) in [6, 6.07) is 0. The summed E-state index contributed by atoms with van der Waals surface area (Å²) in [7, 11) is 2.46. The average Bonchev–Trinajstić information content (AvgIpc) is 1.63. The molecule has 0 aliphatic heterocycles. The second kappa shape index (κ2) is 5.38. The molecule has 0 rings (SSSR count). The molecule has 0 aliphatic rings. The van der Waals surface area contributed by atoms with Crippen LogP contribution in [0.5, 0.6) is 0 Å². The fraction of sp³-hybridized carbons (Fsp3) is 1.00. The van der Waals surface area contributed by atoms with Crippen LogP contribution < -0.4 is 0 Å². The zero-order chi connectivity index (χ0) is 7.28. The molecule has 0 aromatic rings. The first-order valence-corrected chi connectivity index (χ1v) is 5.28. The topological polar surface area (TPSA) is 9.23 Å². The van der Waals surface area contributed by atoms with Crippen LogP contribution in [0.15, 0.2) is 0 Å². The third kappa shape index (κ3) is 6.48. The van der Waals surface area contributed by atoms with Crippen molar-refractivity contribution in [1.82, 2.24) is 0 Å². The molecule has 0 fully saturated rings. The molecule has 56 valence electrons. The Balaban J connectivity index is 3.15. The third-order valence-electron chi connectivity index (χ3n) is 0.551. The van der Waals surface area contributed by atoms with E-state index in [0.29, 0.717) is 0 Å². The molecule has 0 aromatic carbocycles. The van der Waals surface area contributed by atoms with Gasteiger partial charge in [0.25, 0.3) is 5.69 Å². The fourth-order valence-corrected chi connectivity index (χ4v) is 1.32. The lowest BCUT2D eigenvalue weighted by Crippen LogP contribution is -2.07. The van der Waals surface area contributed by atoms with Crippen molar-refractivity contribution in [1.29, 1.82) is 0 Å². The number of ether oxygens (including phenoxy) is 1. The Morgan fingerprint density at radius 3 is 2.33 bits per heavy atom. The van der Waals surface area contributed by atoms with Crippen molar-refractivity contribution in [2.75, 3.05) is 6.26 Å². The van der Waals surface area contributed by atoms with Crippen LogP contribution in [0, 0.1) is 0 Å². The highest BCUT2D eigenvalue weighted by atomic mass is 33.1. The van der Waals surface area contributed by atoms with Crippen molar-refractivity contribution < 1.29 is 9.13 Å². The van der Waals surface area contributed by atoms with Gasteiger partial charge in [-0.2, -0.15) is 0 Å². The molecule has 0 amide bonds. The predicted octanol–water partition coefficient (Wildman–Crippen LogP) is 2.68. The second-order valence-electron chi connectivity index (χ2n) is 1.72. The summed E-state index contributed by atoms with van der Waals surface area (Å²) in [6.45, 7) is 3.63. The van der Waals surface area contributed by atoms with Gasteiger partial charge in [-0.25, -0.2) is 4.39 Å². The molecule has 1 atom stereocenters. The summed E-state index contributed by atoms with van der Waals surface area (Å²) in [4.78, 5) is 0. The van der Waals surface area contributed by atoms with Crippen LogP contribution in [0.25, 0.3) is 0 Å². The smallest absolute Gasteiger partial charge is 0.257 e. The maximum atomic E-state index is 12.4. The molecule has 0 aliphatic carbocycles. The van der Waals surface area contributed by atoms with Gasteiger partial charge in [0.2, 0.25) is 0 Å². The van der Waals surface area contributed by atoms with Gasteiger partial charge in [0.15, 0.2) is 0 Å². The summed E-state index contributed by atoms with van der Waals surface area (Å²) in [6.07, 6.45) is 1.79. The monoisotopic (exact) mass is 170 g/mol. The molecule has 0 heterocycles. The van der Waals surface area contributed by atoms with E-state index in [1.54, 1.807) is 0 Å². The van der Waals surface area contributed by atoms with Crippen molar-refractivity contribution in [2.24, 2.45) is 0 Å². The Morgan fingerprint density at radius 1 is 1.44 bits per heavy atom. The molecule has 9 heavy (non-hydrogen) atoms. The van der Waals surface area contributed by atoms with Crippen LogP contribution in [0.3, 0.4) is 0 Å². The number of rotatable bonds is 4. The first kappa shape index (κ1) is 9.59. The van der Waals surface area contributed by atoms with Crippen LogP contribution in [-0.4, -0.2) is 18.0 Å². The standard InChI is InChI=1S/C5H11FOS2/c1-4(2)7-5(6)9-8-3/h4-5H,1-3H3. The van der Waals surface area contributed by atoms with E-state index in [2.05, 4.69) is 0 Å². The highest BCUT2D eigenvalue weighted by Gasteiger charge is 2.07. The van der Waals surface area contributed by atoms with Gasteiger partial charge >= 0.3 is 0 Å². The molecular formula is C5H11FOS2. The van der Waals surface area contributed by atoms with Gasteiger partial charge in [-0.1, -0.05) is 10.8 Å². The Kier molecular flexibility index (Phi) is 5.73. The zero-order valence-electron chi connectivity index (χ0n) is 5.76. The van der Waals surface area contributed by atoms with E-state index in [1.807, 2.05) is 20.1 Å². The molecule has 4 heteroatoms. The highest BCUT2D eigenvalue weighted by molar-refractivity contribution is 8.76. The van der Waals surface area contributed by atoms with Crippen molar-refractivity contribution >= 4 is 21.6 Å². The highest BCUT2D eigenvalue weighted by Crippen LogP contribution is 2.25. The number of alkyl halides is 1. The van der Waals surface area contributed by atoms with Crippen molar-refractivity contribution in [3.63, 3.8) is 0 Å². The molecule has 0 bridgehead atoms. The number of hydrogen-bond donors (Lipinski definition) is 0. The molecule has 0 saturated heterocycles. The largest absolute Gasteiger partial charge is 0.337 e. The molecule has 0 saturated carbocycles. The van der Waals surface area contributed by atoms with E-state index in [0.717, 1.165) is 10.8 Å². The van der Waals surface area contributed by atoms with Crippen LogP contribution in [0.4, 0.5) is 4.39 Å². The van der Waals surface area contributed by atoms with E-state index in [4.69, 9.17) is 4.74 Å². The summed E-state index contributed by atoms with van der Waals surface area (Å²) < 4.78 is 17.1. The van der Waals surface area contributed by atoms with Crippen LogP contribution in [-0.2, 0) is 4.74 Å². The van der Waals surface area contributed by atoms with Crippen LogP contribution in [0.1, 0.15) is 13.8 Å². The fourth-order valence-electron chi connectivity index (χ4n) is 0.312. The van der Waals surface area contributed by atoms with E-state index < -0.39 is 5.69 Å². The first-order chi connectivity index (χ1) is 4.16. The summed E-state index contributed by atoms with van der Waals surface area (Å²) in [5.74, 6) is 0. The zero-order valence-corrected chi connectivity index (χ0v) is 7.39. The number of halogens is 1. The van der Waals surface area contributed by atoms with Crippen molar-refractivity contribution in [3.05, 3.63) is 0 Å². The van der Waals surface area contributed by atoms with E-state index in [9.17, 15) is 4.39 Å². The van der Waals surface area contributed by atoms with Gasteiger partial charge in [0, 0.05) is 0 Å². The summed E-state index contributed by atoms with van der Waals surface area (Å²) >= 11 is 0. The molecule has 1 nitrogen and oxygen atoms in total. The Labute approximate surface area is 63.1 Å². The lowest BCUT2D eigenvalue weighted by atomic mass is 10.5. The quantitative estimate of drug-likeness (QED) is 0.474. The van der Waals surface area contributed by atoms with Gasteiger partial charge in [0.1, 0.15) is 0 Å². The predicted molar refractivity (Wildman–Crippen MR) is 42.2 cm³/mol. The molecular weight excluding hydrogens is 159 g/mol. The minimum absolute atomic E-state index is 0.0281. The normalized spacial score (nSPS) is 14.3. The van der Waals surface area contributed by atoms with Crippen LogP contribution >= 0.6 is 21.6 Å². The lowest BCUT2D eigenvalue weighted by Gasteiger charge is -2.09. The minimum atomic E-state index is -1.18. The molecule has 0 N–H and O–H groups in total. The maximum Gasteiger partial charge on any atom is 0.257 e. The lowest BCUT2D eigenvalue weighted by molar-refractivity contribution is -0.0104. The van der Waals surface area contributed by atoms with Gasteiger partial charge in [-0.15, -0.1) is 0 Å². The Hall–Kier alpha value is 0.590. The molecule has 0 spiro atoms. The molecule has 0 aromatic heterocycles. The van der Waals surface area contributed by atoms with Gasteiger partial charge in [-0.05, 0) is 30.9 Å². The second-order valence-corrected chi connectivity index (χ2v) is 4.20. The van der Waals surface area contributed by atoms with Crippen molar-refractivity contribution in [2.45, 2.75) is 25.6 Å². The van der Waals surface area contributed by atoms with Crippen LogP contribution in [0.2, 0.25) is 0 Å². The van der Waals surface area contributed by atoms with Gasteiger partial charge < -0.3 is 4.74 Å². The van der Waals surface area contributed by atoms with E-state index in [1.165, 1.54) is 10.8 Å². The Bertz CT molecular complexity index is 70.0. The van der Waals surface area contributed by atoms with Crippen molar-refractivity contribution in [3.8, 4) is 0 Å². The van der Waals surface area contributed by atoms with E-state index >= 15 is 0 Å². The first-order valence-electron chi connectivity index (χ1n) is 2.65. The maximum absolute atomic E-state index is 12.4. The third-order valence-corrected chi connectivity index (χ3v) is 2.04. The SMILES string of the molecule is CSSC(F)OC(C)C. The summed E-state index contributed by atoms with van der Waals surface area (Å²) in [5, 5.41) is 0. The molecule has 0 radical (unpaired) electrons. The average molecular weight is 170 g/mol. The summed E-state index contributed by atoms with van der Waals surface area (Å²) in [5.41, 5.74) is -1.18. The number of hydrogen-bond acceptors (Lipinski definition) is 3.